The van der Waals surface area contributed by atoms with E-state index in [1.807, 2.05) is 0 Å². The summed E-state index contributed by atoms with van der Waals surface area (Å²) in [6.07, 6.45) is -4.70. The topological polar surface area (TPSA) is 145 Å². The van der Waals surface area contributed by atoms with Gasteiger partial charge in [-0.15, -0.1) is 4.40 Å². The second-order valence-electron chi connectivity index (χ2n) is 7.83. The van der Waals surface area contributed by atoms with Crippen molar-refractivity contribution < 1.29 is 26.4 Å². The van der Waals surface area contributed by atoms with Gasteiger partial charge >= 0.3 is 6.18 Å². The first-order valence-electron chi connectivity index (χ1n) is 10.6. The zero-order valence-corrected chi connectivity index (χ0v) is 20.7. The third kappa shape index (κ3) is 5.79. The van der Waals surface area contributed by atoms with Crippen molar-refractivity contribution in [2.24, 2.45) is 10.1 Å². The summed E-state index contributed by atoms with van der Waals surface area (Å²) < 4.78 is 69.4. The Bertz CT molecular complexity index is 1630. The lowest BCUT2D eigenvalue weighted by atomic mass is 10.1. The molecule has 0 radical (unpaired) electrons. The number of nitrogen functional groups attached to an aromatic ring is 1. The molecule has 0 atom stereocenters. The fourth-order valence-corrected chi connectivity index (χ4v) is 4.46. The van der Waals surface area contributed by atoms with Crippen molar-refractivity contribution in [1.29, 1.82) is 0 Å². The van der Waals surface area contributed by atoms with E-state index in [1.165, 1.54) is 60.7 Å². The molecule has 0 aliphatic carbocycles. The van der Waals surface area contributed by atoms with Crippen molar-refractivity contribution in [2.45, 2.75) is 11.1 Å². The van der Waals surface area contributed by atoms with Crippen LogP contribution in [0, 0.1) is 0 Å². The van der Waals surface area contributed by atoms with Gasteiger partial charge in [-0.2, -0.15) is 26.7 Å². The number of nitrogens with zero attached hydrogens (tertiary/aromatic N) is 3. The lowest BCUT2D eigenvalue weighted by Crippen LogP contribution is -2.37. The van der Waals surface area contributed by atoms with Gasteiger partial charge in [0.15, 0.2) is 5.69 Å². The number of carbonyl (C=O) groups excluding carboxylic acids is 1. The Morgan fingerprint density at radius 1 is 1.00 bits per heavy atom. The van der Waals surface area contributed by atoms with Gasteiger partial charge in [0.2, 0.25) is 5.96 Å². The maximum absolute atomic E-state index is 13.4. The molecular weight excluding hydrogens is 545 g/mol. The summed E-state index contributed by atoms with van der Waals surface area (Å²) in [6, 6.07) is 17.8. The monoisotopic (exact) mass is 562 g/mol. The smallest absolute Gasteiger partial charge is 0.399 e. The van der Waals surface area contributed by atoms with Gasteiger partial charge in [0, 0.05) is 16.8 Å². The number of para-hydroxylation sites is 1. The molecule has 4 rings (SSSR count). The first kappa shape index (κ1) is 26.7. The molecule has 0 spiro atoms. The van der Waals surface area contributed by atoms with Crippen LogP contribution in [-0.2, 0) is 16.2 Å². The van der Waals surface area contributed by atoms with E-state index in [0.717, 1.165) is 10.7 Å². The minimum absolute atomic E-state index is 0.0386. The van der Waals surface area contributed by atoms with Gasteiger partial charge in [-0.1, -0.05) is 35.9 Å². The average Bonchev–Trinajstić information content (AvgIpc) is 3.30. The molecule has 38 heavy (non-hydrogen) atoms. The second kappa shape index (κ2) is 10.2. The van der Waals surface area contributed by atoms with Gasteiger partial charge in [0.25, 0.3) is 15.9 Å². The zero-order valence-electron chi connectivity index (χ0n) is 19.1. The molecule has 9 nitrogen and oxygen atoms in total. The van der Waals surface area contributed by atoms with Gasteiger partial charge in [-0.05, 0) is 54.6 Å². The predicted octanol–water partition coefficient (Wildman–Crippen LogP) is 4.23. The van der Waals surface area contributed by atoms with Crippen molar-refractivity contribution >= 4 is 39.2 Å². The molecule has 0 unspecified atom stereocenters. The van der Waals surface area contributed by atoms with Crippen molar-refractivity contribution in [3.8, 4) is 16.9 Å². The molecule has 0 aliphatic heterocycles. The number of sulfonamides is 1. The van der Waals surface area contributed by atoms with E-state index in [0.29, 0.717) is 11.3 Å². The van der Waals surface area contributed by atoms with Crippen molar-refractivity contribution in [3.63, 3.8) is 0 Å². The number of hydrogen-bond acceptors (Lipinski definition) is 5. The molecule has 4 aromatic rings. The van der Waals surface area contributed by atoms with Crippen LogP contribution >= 0.6 is 11.6 Å². The van der Waals surface area contributed by atoms with Gasteiger partial charge < -0.3 is 11.5 Å². The number of hydrogen-bond donors (Lipinski definition) is 3. The highest BCUT2D eigenvalue weighted by atomic mass is 35.5. The van der Waals surface area contributed by atoms with E-state index < -0.39 is 33.8 Å². The Labute approximate surface area is 219 Å². The van der Waals surface area contributed by atoms with E-state index >= 15 is 0 Å². The number of halogens is 4. The quantitative estimate of drug-likeness (QED) is 0.188. The number of anilines is 1. The minimum Gasteiger partial charge on any atom is -0.399 e. The van der Waals surface area contributed by atoms with E-state index in [4.69, 9.17) is 23.1 Å². The van der Waals surface area contributed by atoms with Crippen LogP contribution in [0.2, 0.25) is 5.02 Å². The predicted molar refractivity (Wildman–Crippen MR) is 136 cm³/mol. The fourth-order valence-electron chi connectivity index (χ4n) is 3.36. The average molecular weight is 563 g/mol. The summed E-state index contributed by atoms with van der Waals surface area (Å²) in [5, 5.41) is 6.03. The van der Waals surface area contributed by atoms with Crippen molar-refractivity contribution in [3.05, 3.63) is 95.1 Å². The highest BCUT2D eigenvalue weighted by Crippen LogP contribution is 2.34. The van der Waals surface area contributed by atoms with E-state index in [1.54, 1.807) is 12.1 Å². The number of rotatable bonds is 5. The lowest BCUT2D eigenvalue weighted by molar-refractivity contribution is -0.141. The van der Waals surface area contributed by atoms with Crippen molar-refractivity contribution in [1.82, 2.24) is 15.1 Å². The van der Waals surface area contributed by atoms with E-state index in [9.17, 15) is 26.4 Å². The molecule has 1 aromatic heterocycles. The summed E-state index contributed by atoms with van der Waals surface area (Å²) in [5.74, 6) is -1.47. The number of benzene rings is 3. The molecule has 14 heteroatoms. The molecule has 5 N–H and O–H groups in total. The number of aromatic nitrogens is 2. The van der Waals surface area contributed by atoms with Gasteiger partial charge in [0.05, 0.1) is 21.3 Å². The summed E-state index contributed by atoms with van der Waals surface area (Å²) in [6.45, 7) is 0. The Morgan fingerprint density at radius 3 is 2.24 bits per heavy atom. The lowest BCUT2D eigenvalue weighted by Gasteiger charge is -2.10. The number of guanidine groups is 1. The van der Waals surface area contributed by atoms with Gasteiger partial charge in [0.1, 0.15) is 0 Å². The number of nitrogens with one attached hydrogen (secondary N) is 1. The molecule has 0 aliphatic rings. The molecule has 1 amide bonds. The molecule has 3 aromatic carbocycles. The Kier molecular flexibility index (Phi) is 7.16. The van der Waals surface area contributed by atoms with E-state index in [2.05, 4.69) is 14.8 Å². The molecule has 0 saturated heterocycles. The number of nitrogens with two attached hydrogens (primary N) is 2. The SMILES string of the molecule is N/C(=N\S(=O)(=O)c1ccc(N)cc1)NC(=O)c1ccc(-c2cc(C(F)(F)F)nn2-c2ccccc2Cl)cc1. The first-order valence-corrected chi connectivity index (χ1v) is 12.5. The highest BCUT2D eigenvalue weighted by molar-refractivity contribution is 7.90. The van der Waals surface area contributed by atoms with Crippen LogP contribution in [0.1, 0.15) is 16.1 Å². The number of amides is 1. The van der Waals surface area contributed by atoms with Crippen molar-refractivity contribution in [2.75, 3.05) is 5.73 Å². The van der Waals surface area contributed by atoms with E-state index in [-0.39, 0.29) is 26.9 Å². The highest BCUT2D eigenvalue weighted by Gasteiger charge is 2.35. The maximum atomic E-state index is 13.4. The van der Waals surface area contributed by atoms with Gasteiger partial charge in [-0.25, -0.2) is 4.68 Å². The third-order valence-electron chi connectivity index (χ3n) is 5.16. The summed E-state index contributed by atoms with van der Waals surface area (Å²) in [7, 11) is -4.21. The molecule has 0 saturated carbocycles. The van der Waals surface area contributed by atoms with Crippen LogP contribution in [0.4, 0.5) is 18.9 Å². The Balaban J connectivity index is 1.60. The largest absolute Gasteiger partial charge is 0.435 e. The minimum atomic E-state index is -4.70. The van der Waals surface area contributed by atoms with Crippen LogP contribution in [0.25, 0.3) is 16.9 Å². The third-order valence-corrected chi connectivity index (χ3v) is 6.79. The van der Waals surface area contributed by atoms with Crippen LogP contribution in [0.15, 0.2) is 88.2 Å². The van der Waals surface area contributed by atoms with Crippen LogP contribution in [-0.4, -0.2) is 30.1 Å². The number of carbonyl (C=O) groups is 1. The second-order valence-corrected chi connectivity index (χ2v) is 9.84. The molecule has 196 valence electrons. The maximum Gasteiger partial charge on any atom is 0.435 e. The number of alkyl halides is 3. The van der Waals surface area contributed by atoms with Crippen LogP contribution in [0.5, 0.6) is 0 Å². The Hall–Kier alpha value is -4.36. The zero-order chi connectivity index (χ0) is 27.7. The standard InChI is InChI=1S/C24H18ClF3N6O3S/c25-18-3-1-2-4-19(18)34-20(13-21(32-34)24(26,27)28)14-5-7-15(8-6-14)22(35)31-23(30)33-38(36,37)17-11-9-16(29)10-12-17/h1-13H,29H2,(H3,30,31,33,35). The molecule has 0 bridgehead atoms. The molecular formula is C24H18ClF3N6O3S. The first-order chi connectivity index (χ1) is 17.8. The van der Waals surface area contributed by atoms with Crippen LogP contribution in [0.3, 0.4) is 0 Å². The summed E-state index contributed by atoms with van der Waals surface area (Å²) >= 11 is 6.18. The summed E-state index contributed by atoms with van der Waals surface area (Å²) in [4.78, 5) is 12.4. The van der Waals surface area contributed by atoms with Crippen LogP contribution < -0.4 is 16.8 Å². The molecule has 0 fully saturated rings. The fraction of sp³-hybridized carbons (Fsp3) is 0.0417. The molecule has 1 heterocycles. The summed E-state index contributed by atoms with van der Waals surface area (Å²) in [5.41, 5.74) is 11.0. The van der Waals surface area contributed by atoms with Gasteiger partial charge in [-0.3, -0.25) is 10.1 Å². The Morgan fingerprint density at radius 2 is 1.63 bits per heavy atom. The normalized spacial score (nSPS) is 12.4.